The molecule has 1 aliphatic rings. The first-order valence-electron chi connectivity index (χ1n) is 6.47. The van der Waals surface area contributed by atoms with Gasteiger partial charge in [0.25, 0.3) is 0 Å². The average Bonchev–Trinajstić information content (AvgIpc) is 2.37. The minimum absolute atomic E-state index is 0.447. The predicted octanol–water partition coefficient (Wildman–Crippen LogP) is 2.41. The van der Waals surface area contributed by atoms with Crippen LogP contribution >= 0.6 is 11.8 Å². The molecule has 0 bridgehead atoms. The monoisotopic (exact) mass is 294 g/mol. The van der Waals surface area contributed by atoms with E-state index in [-0.39, 0.29) is 0 Å². The van der Waals surface area contributed by atoms with Gasteiger partial charge in [0.1, 0.15) is 0 Å². The van der Waals surface area contributed by atoms with E-state index in [2.05, 4.69) is 6.92 Å². The molecule has 0 aliphatic carbocycles. The van der Waals surface area contributed by atoms with Gasteiger partial charge in [0, 0.05) is 38.5 Å². The van der Waals surface area contributed by atoms with Crippen LogP contribution < -0.4 is 0 Å². The molecule has 0 saturated carbocycles. The Labute approximate surface area is 116 Å². The molecule has 0 radical (unpaired) electrons. The fourth-order valence-electron chi connectivity index (χ4n) is 2.02. The van der Waals surface area contributed by atoms with Crippen molar-refractivity contribution in [1.82, 2.24) is 0 Å². The van der Waals surface area contributed by atoms with Crippen molar-refractivity contribution in [2.75, 3.05) is 46.0 Å². The molecule has 18 heavy (non-hydrogen) atoms. The summed E-state index contributed by atoms with van der Waals surface area (Å²) in [5.74, 6) is 2.33. The highest BCUT2D eigenvalue weighted by molar-refractivity contribution is 7.99. The van der Waals surface area contributed by atoms with E-state index in [9.17, 15) is 0 Å². The van der Waals surface area contributed by atoms with Gasteiger partial charge in [0.05, 0.1) is 13.2 Å². The van der Waals surface area contributed by atoms with Gasteiger partial charge in [-0.1, -0.05) is 6.92 Å². The SMILES string of the molecule is CCC1(CSCCC[Si](OC)(OC)OC)COC1. The lowest BCUT2D eigenvalue weighted by Crippen LogP contribution is -2.44. The maximum absolute atomic E-state index is 5.40. The number of rotatable bonds is 10. The van der Waals surface area contributed by atoms with Crippen LogP contribution in [0.5, 0.6) is 0 Å². The zero-order valence-corrected chi connectivity index (χ0v) is 13.8. The topological polar surface area (TPSA) is 36.9 Å². The highest BCUT2D eigenvalue weighted by Gasteiger charge is 2.38. The molecule has 0 amide bonds. The molecule has 0 N–H and O–H groups in total. The molecule has 4 nitrogen and oxygen atoms in total. The third-order valence-corrected chi connectivity index (χ3v) is 7.91. The summed E-state index contributed by atoms with van der Waals surface area (Å²) < 4.78 is 21.5. The Hall–Kier alpha value is 0.407. The van der Waals surface area contributed by atoms with E-state index in [1.165, 1.54) is 12.2 Å². The van der Waals surface area contributed by atoms with Crippen molar-refractivity contribution in [3.63, 3.8) is 0 Å². The minimum Gasteiger partial charge on any atom is -0.380 e. The van der Waals surface area contributed by atoms with Crippen molar-refractivity contribution in [3.8, 4) is 0 Å². The standard InChI is InChI=1S/C12H26O4SSi/c1-5-12(9-16-10-12)11-17-7-6-8-18(13-2,14-3)15-4/h5-11H2,1-4H3. The molecule has 1 rings (SSSR count). The quantitative estimate of drug-likeness (QED) is 0.457. The van der Waals surface area contributed by atoms with E-state index in [4.69, 9.17) is 18.0 Å². The molecule has 0 atom stereocenters. The zero-order chi connectivity index (χ0) is 13.5. The van der Waals surface area contributed by atoms with Gasteiger partial charge in [-0.05, 0) is 18.6 Å². The lowest BCUT2D eigenvalue weighted by atomic mass is 9.86. The van der Waals surface area contributed by atoms with Crippen LogP contribution in [0.4, 0.5) is 0 Å². The summed E-state index contributed by atoms with van der Waals surface area (Å²) in [4.78, 5) is 0. The van der Waals surface area contributed by atoms with Crippen LogP contribution in [0.3, 0.4) is 0 Å². The Bertz CT molecular complexity index is 218. The van der Waals surface area contributed by atoms with Crippen LogP contribution in [0.15, 0.2) is 0 Å². The normalized spacial score (nSPS) is 18.7. The highest BCUT2D eigenvalue weighted by Crippen LogP contribution is 2.35. The number of ether oxygens (including phenoxy) is 1. The first-order chi connectivity index (χ1) is 8.66. The van der Waals surface area contributed by atoms with Crippen molar-refractivity contribution < 1.29 is 18.0 Å². The van der Waals surface area contributed by atoms with Gasteiger partial charge in [0.15, 0.2) is 0 Å². The predicted molar refractivity (Wildman–Crippen MR) is 77.1 cm³/mol. The molecular weight excluding hydrogens is 268 g/mol. The fourth-order valence-corrected chi connectivity index (χ4v) is 5.29. The first kappa shape index (κ1) is 16.5. The molecule has 1 heterocycles. The largest absolute Gasteiger partial charge is 0.500 e. The molecule has 0 aromatic rings. The molecule has 1 aliphatic heterocycles. The Balaban J connectivity index is 2.14. The summed E-state index contributed by atoms with van der Waals surface area (Å²) >= 11 is 2.01. The van der Waals surface area contributed by atoms with Gasteiger partial charge in [-0.25, -0.2) is 0 Å². The molecular formula is C12H26O4SSi. The van der Waals surface area contributed by atoms with E-state index < -0.39 is 8.80 Å². The fraction of sp³-hybridized carbons (Fsp3) is 1.00. The smallest absolute Gasteiger partial charge is 0.380 e. The Morgan fingerprint density at radius 1 is 1.17 bits per heavy atom. The van der Waals surface area contributed by atoms with Crippen molar-refractivity contribution in [2.45, 2.75) is 25.8 Å². The Morgan fingerprint density at radius 3 is 2.17 bits per heavy atom. The first-order valence-corrected chi connectivity index (χ1v) is 9.55. The van der Waals surface area contributed by atoms with Crippen molar-refractivity contribution in [1.29, 1.82) is 0 Å². The van der Waals surface area contributed by atoms with Crippen molar-refractivity contribution in [2.24, 2.45) is 5.41 Å². The maximum Gasteiger partial charge on any atom is 0.500 e. The average molecular weight is 294 g/mol. The van der Waals surface area contributed by atoms with Crippen LogP contribution in [0, 0.1) is 5.41 Å². The molecule has 108 valence electrons. The third kappa shape index (κ3) is 4.21. The summed E-state index contributed by atoms with van der Waals surface area (Å²) in [6, 6.07) is 0.888. The van der Waals surface area contributed by atoms with E-state index in [1.807, 2.05) is 11.8 Å². The second-order valence-corrected chi connectivity index (χ2v) is 8.99. The summed E-state index contributed by atoms with van der Waals surface area (Å²) in [6.07, 6.45) is 2.29. The maximum atomic E-state index is 5.40. The van der Waals surface area contributed by atoms with Crippen LogP contribution in [0.1, 0.15) is 19.8 Å². The Morgan fingerprint density at radius 2 is 1.78 bits per heavy atom. The lowest BCUT2D eigenvalue weighted by molar-refractivity contribution is -0.0994. The zero-order valence-electron chi connectivity index (χ0n) is 12.0. The number of hydrogen-bond donors (Lipinski definition) is 0. The molecule has 1 fully saturated rings. The molecule has 0 aromatic heterocycles. The second-order valence-electron chi connectivity index (χ2n) is 4.80. The number of thioether (sulfide) groups is 1. The van der Waals surface area contributed by atoms with E-state index in [0.29, 0.717) is 5.41 Å². The second kappa shape index (κ2) is 7.87. The molecule has 0 unspecified atom stereocenters. The van der Waals surface area contributed by atoms with Gasteiger partial charge in [-0.3, -0.25) is 0 Å². The van der Waals surface area contributed by atoms with Gasteiger partial charge in [0.2, 0.25) is 0 Å². The van der Waals surface area contributed by atoms with Crippen LogP contribution in [-0.2, 0) is 18.0 Å². The van der Waals surface area contributed by atoms with Gasteiger partial charge in [-0.15, -0.1) is 0 Å². The van der Waals surface area contributed by atoms with E-state index >= 15 is 0 Å². The third-order valence-electron chi connectivity index (χ3n) is 3.68. The highest BCUT2D eigenvalue weighted by atomic mass is 32.2. The lowest BCUT2D eigenvalue weighted by Gasteiger charge is -2.40. The van der Waals surface area contributed by atoms with Gasteiger partial charge < -0.3 is 18.0 Å². The molecule has 1 saturated heterocycles. The molecule has 0 spiro atoms. The summed E-state index contributed by atoms with van der Waals surface area (Å²) in [5.41, 5.74) is 0.447. The van der Waals surface area contributed by atoms with E-state index in [0.717, 1.165) is 31.4 Å². The van der Waals surface area contributed by atoms with Crippen molar-refractivity contribution in [3.05, 3.63) is 0 Å². The molecule has 6 heteroatoms. The number of hydrogen-bond acceptors (Lipinski definition) is 5. The summed E-state index contributed by atoms with van der Waals surface area (Å²) in [5, 5.41) is 0. The molecule has 0 aromatic carbocycles. The van der Waals surface area contributed by atoms with Gasteiger partial charge in [-0.2, -0.15) is 11.8 Å². The van der Waals surface area contributed by atoms with Crippen LogP contribution in [-0.4, -0.2) is 54.9 Å². The Kier molecular flexibility index (Phi) is 7.19. The van der Waals surface area contributed by atoms with Gasteiger partial charge >= 0.3 is 8.80 Å². The summed E-state index contributed by atoms with van der Waals surface area (Å²) in [6.45, 7) is 4.12. The minimum atomic E-state index is -2.35. The van der Waals surface area contributed by atoms with Crippen LogP contribution in [0.25, 0.3) is 0 Å². The van der Waals surface area contributed by atoms with E-state index in [1.54, 1.807) is 21.3 Å². The summed E-state index contributed by atoms with van der Waals surface area (Å²) in [7, 11) is 2.66. The van der Waals surface area contributed by atoms with Crippen LogP contribution in [0.2, 0.25) is 6.04 Å². The van der Waals surface area contributed by atoms with Crippen molar-refractivity contribution >= 4 is 20.6 Å².